The first-order valence-electron chi connectivity index (χ1n) is 24.2. The zero-order valence-corrected chi connectivity index (χ0v) is 41.2. The minimum Gasteiger partial charge on any atom is -0.311 e. The van der Waals surface area contributed by atoms with Gasteiger partial charge in [0.15, 0.2) is 0 Å². The van der Waals surface area contributed by atoms with Gasteiger partial charge >= 0.3 is 0 Å². The molecule has 1 aliphatic carbocycles. The third kappa shape index (κ3) is 7.54. The monoisotopic (exact) mass is 851 g/mol. The summed E-state index contributed by atoms with van der Waals surface area (Å²) >= 11 is 0. The first kappa shape index (κ1) is 43.1. The van der Waals surface area contributed by atoms with Crippen LogP contribution in [-0.2, 0) is 29.1 Å². The third-order valence-electron chi connectivity index (χ3n) is 14.7. The van der Waals surface area contributed by atoms with Crippen LogP contribution in [0.2, 0.25) is 0 Å². The van der Waals surface area contributed by atoms with Crippen molar-refractivity contribution in [2.45, 2.75) is 125 Å². The van der Waals surface area contributed by atoms with Crippen molar-refractivity contribution in [2.75, 3.05) is 9.80 Å². The maximum atomic E-state index is 2.69. The summed E-state index contributed by atoms with van der Waals surface area (Å²) in [6.45, 7) is 30.7. The molecular weight excluding hydrogens is 784 g/mol. The van der Waals surface area contributed by atoms with Crippen LogP contribution in [0.1, 0.15) is 129 Å². The summed E-state index contributed by atoms with van der Waals surface area (Å²) in [5.41, 5.74) is 25.3. The van der Waals surface area contributed by atoms with E-state index in [1.165, 1.54) is 106 Å². The molecule has 0 fully saturated rings. The van der Waals surface area contributed by atoms with Crippen LogP contribution in [0.4, 0.5) is 34.1 Å². The molecule has 0 saturated heterocycles. The van der Waals surface area contributed by atoms with Crippen molar-refractivity contribution in [3.8, 4) is 22.3 Å². The van der Waals surface area contributed by atoms with Crippen LogP contribution in [-0.4, -0.2) is 6.71 Å². The highest BCUT2D eigenvalue weighted by Crippen LogP contribution is 2.50. The normalized spacial score (nSPS) is 15.2. The van der Waals surface area contributed by atoms with Gasteiger partial charge in [0, 0.05) is 34.0 Å². The Morgan fingerprint density at radius 1 is 0.462 bits per heavy atom. The zero-order valence-electron chi connectivity index (χ0n) is 41.2. The van der Waals surface area contributed by atoms with Gasteiger partial charge in [-0.3, -0.25) is 0 Å². The quantitative estimate of drug-likeness (QED) is 0.159. The van der Waals surface area contributed by atoms with Crippen LogP contribution in [0.15, 0.2) is 140 Å². The molecular formula is C62H67BN2. The van der Waals surface area contributed by atoms with Gasteiger partial charge in [0.1, 0.15) is 0 Å². The van der Waals surface area contributed by atoms with Crippen molar-refractivity contribution in [3.63, 3.8) is 0 Å². The lowest BCUT2D eigenvalue weighted by molar-refractivity contribution is 0.392. The summed E-state index contributed by atoms with van der Waals surface area (Å²) < 4.78 is 0. The summed E-state index contributed by atoms with van der Waals surface area (Å²) in [5, 5.41) is 0. The first-order chi connectivity index (χ1) is 30.7. The maximum Gasteiger partial charge on any atom is 0.252 e. The second-order valence-electron chi connectivity index (χ2n) is 23.7. The molecule has 3 aliphatic rings. The predicted molar refractivity (Wildman–Crippen MR) is 283 cm³/mol. The molecule has 0 aromatic heterocycles. The zero-order chi connectivity index (χ0) is 46.0. The summed E-state index contributed by atoms with van der Waals surface area (Å²) in [6, 6.07) is 54.5. The van der Waals surface area contributed by atoms with Gasteiger partial charge < -0.3 is 9.80 Å². The van der Waals surface area contributed by atoms with Gasteiger partial charge in [-0.05, 0) is 155 Å². The summed E-state index contributed by atoms with van der Waals surface area (Å²) in [4.78, 5) is 5.32. The molecule has 65 heavy (non-hydrogen) atoms. The van der Waals surface area contributed by atoms with E-state index in [0.29, 0.717) is 5.92 Å². The number of nitrogens with zero attached hydrogens (tertiary/aromatic N) is 2. The average molecular weight is 851 g/mol. The molecule has 0 radical (unpaired) electrons. The Bertz CT molecular complexity index is 2990. The number of hydrogen-bond donors (Lipinski definition) is 0. The predicted octanol–water partition coefficient (Wildman–Crippen LogP) is 15.2. The molecule has 2 nitrogen and oxygen atoms in total. The fourth-order valence-corrected chi connectivity index (χ4v) is 10.9. The van der Waals surface area contributed by atoms with E-state index in [1.807, 2.05) is 0 Å². The Labute approximate surface area is 390 Å². The lowest BCUT2D eigenvalue weighted by Gasteiger charge is -2.45. The second-order valence-corrected chi connectivity index (χ2v) is 23.7. The molecule has 2 heterocycles. The molecule has 7 aromatic rings. The van der Waals surface area contributed by atoms with Gasteiger partial charge in [0.25, 0.3) is 6.71 Å². The van der Waals surface area contributed by atoms with Crippen LogP contribution in [0.5, 0.6) is 0 Å². The van der Waals surface area contributed by atoms with Crippen molar-refractivity contribution < 1.29 is 0 Å². The molecule has 328 valence electrons. The van der Waals surface area contributed by atoms with Gasteiger partial charge in [0.2, 0.25) is 0 Å². The smallest absolute Gasteiger partial charge is 0.252 e. The fraction of sp³-hybridized carbons (Fsp3) is 0.323. The lowest BCUT2D eigenvalue weighted by atomic mass is 9.33. The molecule has 0 unspecified atom stereocenters. The lowest BCUT2D eigenvalue weighted by Crippen LogP contribution is -2.61. The number of rotatable bonds is 5. The van der Waals surface area contributed by atoms with Gasteiger partial charge in [0.05, 0.1) is 5.69 Å². The van der Waals surface area contributed by atoms with Gasteiger partial charge in [-0.1, -0.05) is 181 Å². The minimum absolute atomic E-state index is 0.00242. The van der Waals surface area contributed by atoms with Gasteiger partial charge in [-0.15, -0.1) is 0 Å². The van der Waals surface area contributed by atoms with E-state index in [0.717, 1.165) is 12.8 Å². The fourth-order valence-electron chi connectivity index (χ4n) is 10.9. The van der Waals surface area contributed by atoms with Crippen molar-refractivity contribution in [1.29, 1.82) is 0 Å². The van der Waals surface area contributed by atoms with E-state index in [2.05, 4.69) is 239 Å². The molecule has 0 N–H and O–H groups in total. The summed E-state index contributed by atoms with van der Waals surface area (Å²) in [6.07, 6.45) is 2.17. The maximum absolute atomic E-state index is 2.69. The molecule has 0 bridgehead atoms. The molecule has 0 amide bonds. The van der Waals surface area contributed by atoms with Crippen LogP contribution in [0.3, 0.4) is 0 Å². The number of benzene rings is 7. The largest absolute Gasteiger partial charge is 0.311 e. The third-order valence-corrected chi connectivity index (χ3v) is 14.7. The van der Waals surface area contributed by atoms with Crippen molar-refractivity contribution in [1.82, 2.24) is 0 Å². The topological polar surface area (TPSA) is 6.48 Å². The van der Waals surface area contributed by atoms with E-state index in [1.54, 1.807) is 0 Å². The van der Waals surface area contributed by atoms with Crippen LogP contribution in [0, 0.1) is 5.41 Å². The van der Waals surface area contributed by atoms with Crippen LogP contribution in [0.25, 0.3) is 22.3 Å². The number of anilines is 6. The molecule has 10 rings (SSSR count). The number of fused-ring (bicyclic) bond motifs is 5. The van der Waals surface area contributed by atoms with Crippen LogP contribution < -0.4 is 26.2 Å². The number of hydrogen-bond acceptors (Lipinski definition) is 2. The molecule has 0 atom stereocenters. The van der Waals surface area contributed by atoms with Crippen molar-refractivity contribution >= 4 is 57.2 Å². The van der Waals surface area contributed by atoms with Crippen LogP contribution >= 0.6 is 0 Å². The Hall–Kier alpha value is -5.80. The molecule has 0 saturated carbocycles. The highest BCUT2D eigenvalue weighted by atomic mass is 15.2. The van der Waals surface area contributed by atoms with Crippen molar-refractivity contribution in [2.24, 2.45) is 5.41 Å². The average Bonchev–Trinajstić information content (AvgIpc) is 3.57. The molecule has 3 heteroatoms. The highest BCUT2D eigenvalue weighted by molar-refractivity contribution is 7.00. The second kappa shape index (κ2) is 15.1. The molecule has 0 spiro atoms. The van der Waals surface area contributed by atoms with Gasteiger partial charge in [-0.2, -0.15) is 0 Å². The first-order valence-corrected chi connectivity index (χ1v) is 24.2. The molecule has 7 aromatic carbocycles. The van der Waals surface area contributed by atoms with Gasteiger partial charge in [-0.25, -0.2) is 0 Å². The van der Waals surface area contributed by atoms with Crippen molar-refractivity contribution in [3.05, 3.63) is 173 Å². The Kier molecular flexibility index (Phi) is 10.0. The standard InChI is InChI=1S/C62H67BN2/c1-39(2)43-31-56-58-57(32-43)65(53-29-27-47(60(6,7)8)35-50(53)42-24-22-41(23-25-42)40-18-15-14-16-19-40)54-33-45-38-62(12,13)37-44(45)30-52(54)63(58)51-28-26-48(61(9,10)11)36-55(51)64(56)49-21-17-20-46(34-49)59(3,4)5/h14-36,39H,37-38H2,1-13H3. The SMILES string of the molecule is CC(C)c1cc2c3c(c1)N(c1ccc(C(C)(C)C)cc1-c1ccc(-c4ccccc4)cc1)c1cc4c(cc1B3c1ccc(C(C)(C)C)cc1N2c1cccc(C(C)(C)C)c1)CC(C)(C)C4. The summed E-state index contributed by atoms with van der Waals surface area (Å²) in [5.74, 6) is 0.317. The molecule has 2 aliphatic heterocycles. The highest BCUT2D eigenvalue weighted by Gasteiger charge is 2.46. The van der Waals surface area contributed by atoms with E-state index in [-0.39, 0.29) is 28.4 Å². The van der Waals surface area contributed by atoms with E-state index in [4.69, 9.17) is 0 Å². The van der Waals surface area contributed by atoms with E-state index in [9.17, 15) is 0 Å². The Morgan fingerprint density at radius 2 is 1.02 bits per heavy atom. The summed E-state index contributed by atoms with van der Waals surface area (Å²) in [7, 11) is 0. The van der Waals surface area contributed by atoms with E-state index < -0.39 is 0 Å². The Balaban J connectivity index is 1.30. The minimum atomic E-state index is -0.0248. The van der Waals surface area contributed by atoms with E-state index >= 15 is 0 Å². The Morgan fingerprint density at radius 3 is 1.66 bits per heavy atom.